The molecule has 0 spiro atoms. The van der Waals surface area contributed by atoms with Crippen molar-refractivity contribution in [2.24, 2.45) is 0 Å². The summed E-state index contributed by atoms with van der Waals surface area (Å²) >= 11 is 0.809. The zero-order valence-corrected chi connectivity index (χ0v) is 21.1. The van der Waals surface area contributed by atoms with Gasteiger partial charge in [-0.2, -0.15) is 0 Å². The molecule has 0 bridgehead atoms. The number of ether oxygens (including phenoxy) is 2. The lowest BCUT2D eigenvalue weighted by atomic mass is 10.0. The Morgan fingerprint density at radius 2 is 1.80 bits per heavy atom. The van der Waals surface area contributed by atoms with E-state index in [9.17, 15) is 14.4 Å². The summed E-state index contributed by atoms with van der Waals surface area (Å²) in [5, 5.41) is 2.25. The lowest BCUT2D eigenvalue weighted by Crippen LogP contribution is -2.36. The molecule has 1 fully saturated rings. The van der Waals surface area contributed by atoms with Crippen LogP contribution in [-0.4, -0.2) is 41.7 Å². The minimum absolute atomic E-state index is 0.242. The number of nitrogens with one attached hydrogen (secondary N) is 1. The number of imide groups is 1. The molecule has 7 nitrogen and oxygen atoms in total. The highest BCUT2D eigenvalue weighted by Crippen LogP contribution is 2.37. The molecule has 8 heteroatoms. The highest BCUT2D eigenvalue weighted by atomic mass is 32.2. The minimum Gasteiger partial charge on any atom is -0.490 e. The number of nitrogens with zero attached hydrogens (tertiary/aromatic N) is 1. The van der Waals surface area contributed by atoms with E-state index in [4.69, 9.17) is 9.47 Å². The van der Waals surface area contributed by atoms with Crippen molar-refractivity contribution in [3.05, 3.63) is 70.6 Å². The van der Waals surface area contributed by atoms with Crippen LogP contribution in [0.2, 0.25) is 0 Å². The molecule has 0 radical (unpaired) electrons. The van der Waals surface area contributed by atoms with Gasteiger partial charge in [0.15, 0.2) is 11.5 Å². The summed E-state index contributed by atoms with van der Waals surface area (Å²) in [5.74, 6) is 0.259. The molecule has 3 amide bonds. The third-order valence-corrected chi connectivity index (χ3v) is 6.13. The first-order chi connectivity index (χ1) is 16.9. The molecule has 3 rings (SSSR count). The van der Waals surface area contributed by atoms with Crippen LogP contribution in [0.5, 0.6) is 11.5 Å². The monoisotopic (exact) mass is 494 g/mol. The molecule has 0 aromatic heterocycles. The molecule has 1 aliphatic heterocycles. The fourth-order valence-electron chi connectivity index (χ4n) is 3.60. The van der Waals surface area contributed by atoms with E-state index in [0.29, 0.717) is 42.4 Å². The molecule has 184 valence electrons. The summed E-state index contributed by atoms with van der Waals surface area (Å²) in [4.78, 5) is 39.2. The van der Waals surface area contributed by atoms with Gasteiger partial charge in [0.2, 0.25) is 5.91 Å². The van der Waals surface area contributed by atoms with E-state index >= 15 is 0 Å². The van der Waals surface area contributed by atoms with Crippen LogP contribution in [0, 0.1) is 0 Å². The average molecular weight is 495 g/mol. The number of anilines is 1. The number of amides is 3. The zero-order chi connectivity index (χ0) is 25.4. The summed E-state index contributed by atoms with van der Waals surface area (Å²) in [6, 6.07) is 11.1. The molecule has 2 aromatic rings. The highest BCUT2D eigenvalue weighted by Gasteiger charge is 2.36. The second-order valence-electron chi connectivity index (χ2n) is 7.73. The van der Waals surface area contributed by atoms with E-state index in [0.717, 1.165) is 34.2 Å². The Morgan fingerprint density at radius 1 is 1.09 bits per heavy atom. The first kappa shape index (κ1) is 26.1. The quantitative estimate of drug-likeness (QED) is 0.330. The second kappa shape index (κ2) is 12.3. The molecule has 1 saturated heterocycles. The van der Waals surface area contributed by atoms with Gasteiger partial charge in [-0.15, -0.1) is 6.58 Å². The number of benzene rings is 2. The third kappa shape index (κ3) is 6.54. The van der Waals surface area contributed by atoms with Crippen molar-refractivity contribution in [3.63, 3.8) is 0 Å². The molecule has 0 unspecified atom stereocenters. The minimum atomic E-state index is -0.506. The fraction of sp³-hybridized carbons (Fsp3) is 0.296. The number of hydrogen-bond donors (Lipinski definition) is 1. The van der Waals surface area contributed by atoms with Crippen LogP contribution >= 0.6 is 11.8 Å². The van der Waals surface area contributed by atoms with Crippen molar-refractivity contribution >= 4 is 40.6 Å². The van der Waals surface area contributed by atoms with E-state index in [-0.39, 0.29) is 11.4 Å². The maximum Gasteiger partial charge on any atom is 0.294 e. The van der Waals surface area contributed by atoms with Crippen LogP contribution in [0.15, 0.2) is 54.0 Å². The molecule has 1 N–H and O–H groups in total. The Bertz CT molecular complexity index is 1140. The van der Waals surface area contributed by atoms with Crippen LogP contribution in [0.4, 0.5) is 10.5 Å². The SMILES string of the molecule is C=CCc1cc(/C=C2/SC(=O)N(CC(=O)Nc3ccc(CC)cc3)C2=O)cc(OCC)c1OCC. The first-order valence-corrected chi connectivity index (χ1v) is 12.4. The second-order valence-corrected chi connectivity index (χ2v) is 8.73. The Morgan fingerprint density at radius 3 is 2.43 bits per heavy atom. The lowest BCUT2D eigenvalue weighted by molar-refractivity contribution is -0.127. The molecular formula is C27H30N2O5S. The number of rotatable bonds is 11. The number of aryl methyl sites for hydroxylation is 1. The van der Waals surface area contributed by atoms with E-state index < -0.39 is 17.1 Å². The summed E-state index contributed by atoms with van der Waals surface area (Å²) in [6.07, 6.45) is 4.85. The van der Waals surface area contributed by atoms with E-state index in [1.807, 2.05) is 39.0 Å². The van der Waals surface area contributed by atoms with Crippen LogP contribution in [0.25, 0.3) is 6.08 Å². The van der Waals surface area contributed by atoms with Gasteiger partial charge < -0.3 is 14.8 Å². The first-order valence-electron chi connectivity index (χ1n) is 11.6. The van der Waals surface area contributed by atoms with E-state index in [1.165, 1.54) is 0 Å². The number of hydrogen-bond acceptors (Lipinski definition) is 6. The van der Waals surface area contributed by atoms with E-state index in [2.05, 4.69) is 11.9 Å². The summed E-state index contributed by atoms with van der Waals surface area (Å²) in [6.45, 7) is 10.2. The molecule has 1 heterocycles. The average Bonchev–Trinajstić information content (AvgIpc) is 3.09. The molecule has 0 atom stereocenters. The van der Waals surface area contributed by atoms with Gasteiger partial charge in [-0.25, -0.2) is 0 Å². The van der Waals surface area contributed by atoms with Crippen molar-refractivity contribution < 1.29 is 23.9 Å². The van der Waals surface area contributed by atoms with Crippen molar-refractivity contribution in [1.29, 1.82) is 0 Å². The predicted octanol–water partition coefficient (Wildman–Crippen LogP) is 5.45. The molecule has 0 saturated carbocycles. The number of carbonyl (C=O) groups is 3. The standard InChI is InChI=1S/C27H30N2O5S/c1-5-9-20-14-19(15-22(33-7-3)25(20)34-8-4)16-23-26(31)29(27(32)35-23)17-24(30)28-21-12-10-18(6-2)11-13-21/h5,10-16H,1,6-9,17H2,2-4H3,(H,28,30)/b23-16+. The van der Waals surface area contributed by atoms with Gasteiger partial charge >= 0.3 is 0 Å². The number of allylic oxidation sites excluding steroid dienone is 1. The Kier molecular flexibility index (Phi) is 9.14. The van der Waals surface area contributed by atoms with Crippen molar-refractivity contribution in [3.8, 4) is 11.5 Å². The van der Waals surface area contributed by atoms with Gasteiger partial charge in [-0.1, -0.05) is 25.1 Å². The maximum absolute atomic E-state index is 12.9. The summed E-state index contributed by atoms with van der Waals surface area (Å²) < 4.78 is 11.6. The fourth-order valence-corrected chi connectivity index (χ4v) is 4.44. The maximum atomic E-state index is 12.9. The van der Waals surface area contributed by atoms with Gasteiger partial charge in [0.25, 0.3) is 11.1 Å². The molecular weight excluding hydrogens is 464 g/mol. The Labute approximate surface area is 210 Å². The smallest absolute Gasteiger partial charge is 0.294 e. The van der Waals surface area contributed by atoms with Crippen LogP contribution < -0.4 is 14.8 Å². The van der Waals surface area contributed by atoms with Gasteiger partial charge in [0.05, 0.1) is 18.1 Å². The molecule has 0 aliphatic carbocycles. The largest absolute Gasteiger partial charge is 0.490 e. The number of carbonyl (C=O) groups excluding carboxylic acids is 3. The topological polar surface area (TPSA) is 84.9 Å². The summed E-state index contributed by atoms with van der Waals surface area (Å²) in [5.41, 5.74) is 3.32. The zero-order valence-electron chi connectivity index (χ0n) is 20.3. The van der Waals surface area contributed by atoms with Gasteiger partial charge in [-0.3, -0.25) is 19.3 Å². The van der Waals surface area contributed by atoms with Crippen molar-refractivity contribution in [2.45, 2.75) is 33.6 Å². The molecule has 35 heavy (non-hydrogen) atoms. The van der Waals surface area contributed by atoms with Gasteiger partial charge in [-0.05, 0) is 79.9 Å². The van der Waals surface area contributed by atoms with Gasteiger partial charge in [0, 0.05) is 11.3 Å². The Hall–Kier alpha value is -3.52. The highest BCUT2D eigenvalue weighted by molar-refractivity contribution is 8.18. The van der Waals surface area contributed by atoms with Crippen molar-refractivity contribution in [2.75, 3.05) is 25.1 Å². The predicted molar refractivity (Wildman–Crippen MR) is 140 cm³/mol. The van der Waals surface area contributed by atoms with E-state index in [1.54, 1.807) is 30.4 Å². The molecule has 2 aromatic carbocycles. The summed E-state index contributed by atoms with van der Waals surface area (Å²) in [7, 11) is 0. The van der Waals surface area contributed by atoms with Crippen LogP contribution in [0.3, 0.4) is 0 Å². The molecule has 1 aliphatic rings. The van der Waals surface area contributed by atoms with Gasteiger partial charge in [0.1, 0.15) is 6.54 Å². The van der Waals surface area contributed by atoms with Crippen LogP contribution in [-0.2, 0) is 22.4 Å². The lowest BCUT2D eigenvalue weighted by Gasteiger charge is -2.16. The Balaban J connectivity index is 1.79. The normalized spacial score (nSPS) is 14.4. The van der Waals surface area contributed by atoms with Crippen molar-refractivity contribution in [1.82, 2.24) is 4.90 Å². The third-order valence-electron chi connectivity index (χ3n) is 5.23. The number of thioether (sulfide) groups is 1. The van der Waals surface area contributed by atoms with Crippen LogP contribution in [0.1, 0.15) is 37.5 Å².